The largest absolute Gasteiger partial charge is 0.378 e. The zero-order valence-corrected chi connectivity index (χ0v) is 15.5. The van der Waals surface area contributed by atoms with Gasteiger partial charge in [-0.3, -0.25) is 9.59 Å². The van der Waals surface area contributed by atoms with Crippen LogP contribution >= 0.6 is 0 Å². The average molecular weight is 351 g/mol. The van der Waals surface area contributed by atoms with Gasteiger partial charge in [0.2, 0.25) is 5.91 Å². The van der Waals surface area contributed by atoms with Gasteiger partial charge in [0.1, 0.15) is 6.04 Å². The van der Waals surface area contributed by atoms with Crippen LogP contribution in [0.2, 0.25) is 0 Å². The number of aryl methyl sites for hydroxylation is 1. The van der Waals surface area contributed by atoms with Crippen LogP contribution in [0.3, 0.4) is 0 Å². The molecule has 5 nitrogen and oxygen atoms in total. The van der Waals surface area contributed by atoms with E-state index in [1.54, 1.807) is 24.0 Å². The summed E-state index contributed by atoms with van der Waals surface area (Å²) < 4.78 is 0. The molecule has 0 radical (unpaired) electrons. The Morgan fingerprint density at radius 2 is 1.77 bits per heavy atom. The van der Waals surface area contributed by atoms with Crippen molar-refractivity contribution in [3.05, 3.63) is 59.7 Å². The second-order valence-corrected chi connectivity index (χ2v) is 6.86. The Balaban J connectivity index is 1.69. The SMILES string of the molecule is C[C@H](NC(=O)c1ccc(N(C)C)cc1)C(=O)N1CCCc2ccccc21. The first-order valence-electron chi connectivity index (χ1n) is 8.95. The molecular weight excluding hydrogens is 326 g/mol. The van der Waals surface area contributed by atoms with Gasteiger partial charge in [0.15, 0.2) is 0 Å². The Morgan fingerprint density at radius 3 is 2.46 bits per heavy atom. The van der Waals surface area contributed by atoms with E-state index in [9.17, 15) is 9.59 Å². The molecule has 3 rings (SSSR count). The fourth-order valence-corrected chi connectivity index (χ4v) is 3.25. The minimum Gasteiger partial charge on any atom is -0.378 e. The summed E-state index contributed by atoms with van der Waals surface area (Å²) >= 11 is 0. The second kappa shape index (κ2) is 7.60. The van der Waals surface area contributed by atoms with Crippen molar-refractivity contribution in [2.75, 3.05) is 30.4 Å². The molecular formula is C21H25N3O2. The predicted molar refractivity (Wildman–Crippen MR) is 105 cm³/mol. The summed E-state index contributed by atoms with van der Waals surface area (Å²) in [6.45, 7) is 2.43. The minimum absolute atomic E-state index is 0.0737. The molecule has 0 fully saturated rings. The lowest BCUT2D eigenvalue weighted by Crippen LogP contribution is -2.48. The highest BCUT2D eigenvalue weighted by molar-refractivity contribution is 6.02. The average Bonchev–Trinajstić information content (AvgIpc) is 2.66. The molecule has 2 amide bonds. The number of carbonyl (C=O) groups is 2. The van der Waals surface area contributed by atoms with E-state index in [-0.39, 0.29) is 11.8 Å². The first-order valence-corrected chi connectivity index (χ1v) is 8.95. The summed E-state index contributed by atoms with van der Waals surface area (Å²) in [5, 5.41) is 2.83. The van der Waals surface area contributed by atoms with Gasteiger partial charge in [0.05, 0.1) is 0 Å². The van der Waals surface area contributed by atoms with Crippen LogP contribution in [-0.4, -0.2) is 38.5 Å². The number of fused-ring (bicyclic) bond motifs is 1. The second-order valence-electron chi connectivity index (χ2n) is 6.86. The van der Waals surface area contributed by atoms with Gasteiger partial charge in [-0.15, -0.1) is 0 Å². The molecule has 1 N–H and O–H groups in total. The molecule has 5 heteroatoms. The van der Waals surface area contributed by atoms with Crippen molar-refractivity contribution in [1.82, 2.24) is 5.32 Å². The lowest BCUT2D eigenvalue weighted by atomic mass is 10.0. The van der Waals surface area contributed by atoms with Crippen molar-refractivity contribution in [3.63, 3.8) is 0 Å². The van der Waals surface area contributed by atoms with E-state index in [2.05, 4.69) is 11.4 Å². The molecule has 26 heavy (non-hydrogen) atoms. The van der Waals surface area contributed by atoms with E-state index in [4.69, 9.17) is 0 Å². The van der Waals surface area contributed by atoms with E-state index < -0.39 is 6.04 Å². The Hall–Kier alpha value is -2.82. The summed E-state index contributed by atoms with van der Waals surface area (Å²) in [7, 11) is 3.90. The third-order valence-corrected chi connectivity index (χ3v) is 4.74. The third-order valence-electron chi connectivity index (χ3n) is 4.74. The molecule has 0 aliphatic carbocycles. The summed E-state index contributed by atoms with van der Waals surface area (Å²) in [4.78, 5) is 29.1. The highest BCUT2D eigenvalue weighted by Gasteiger charge is 2.27. The van der Waals surface area contributed by atoms with Crippen LogP contribution in [0, 0.1) is 0 Å². The highest BCUT2D eigenvalue weighted by atomic mass is 16.2. The molecule has 1 aliphatic heterocycles. The van der Waals surface area contributed by atoms with Crippen molar-refractivity contribution in [1.29, 1.82) is 0 Å². The van der Waals surface area contributed by atoms with Crippen molar-refractivity contribution in [2.45, 2.75) is 25.8 Å². The number of hydrogen-bond acceptors (Lipinski definition) is 3. The van der Waals surface area contributed by atoms with Crippen LogP contribution in [0.1, 0.15) is 29.3 Å². The molecule has 136 valence electrons. The van der Waals surface area contributed by atoms with Crippen LogP contribution in [-0.2, 0) is 11.2 Å². The van der Waals surface area contributed by atoms with Crippen molar-refractivity contribution in [3.8, 4) is 0 Å². The molecule has 2 aromatic rings. The molecule has 1 atom stereocenters. The Kier molecular flexibility index (Phi) is 5.26. The molecule has 1 heterocycles. The molecule has 0 unspecified atom stereocenters. The van der Waals surface area contributed by atoms with E-state index in [0.717, 1.165) is 24.2 Å². The van der Waals surface area contributed by atoms with Crippen LogP contribution in [0.25, 0.3) is 0 Å². The number of rotatable bonds is 4. The lowest BCUT2D eigenvalue weighted by molar-refractivity contribution is -0.120. The molecule has 0 aromatic heterocycles. The number of anilines is 2. The standard InChI is InChI=1S/C21H25N3O2/c1-15(22-20(25)17-10-12-18(13-11-17)23(2)3)21(26)24-14-6-8-16-7-4-5-9-19(16)24/h4-5,7,9-13,15H,6,8,14H2,1-3H3,(H,22,25)/t15-/m0/s1. The number of benzene rings is 2. The zero-order chi connectivity index (χ0) is 18.7. The molecule has 0 saturated heterocycles. The first kappa shape index (κ1) is 18.0. The monoisotopic (exact) mass is 351 g/mol. The van der Waals surface area contributed by atoms with E-state index in [0.29, 0.717) is 12.1 Å². The fraction of sp³-hybridized carbons (Fsp3) is 0.333. The summed E-state index contributed by atoms with van der Waals surface area (Å²) in [5.74, 6) is -0.308. The number of nitrogens with one attached hydrogen (secondary N) is 1. The van der Waals surface area contributed by atoms with Gasteiger partial charge in [-0.2, -0.15) is 0 Å². The smallest absolute Gasteiger partial charge is 0.251 e. The quantitative estimate of drug-likeness (QED) is 0.922. The van der Waals surface area contributed by atoms with Crippen molar-refractivity contribution < 1.29 is 9.59 Å². The van der Waals surface area contributed by atoms with Gasteiger partial charge < -0.3 is 15.1 Å². The first-order chi connectivity index (χ1) is 12.5. The number of amides is 2. The zero-order valence-electron chi connectivity index (χ0n) is 15.5. The van der Waals surface area contributed by atoms with Gasteiger partial charge in [-0.1, -0.05) is 18.2 Å². The maximum absolute atomic E-state index is 12.9. The van der Waals surface area contributed by atoms with Crippen LogP contribution in [0.5, 0.6) is 0 Å². The van der Waals surface area contributed by atoms with Crippen molar-refractivity contribution in [2.24, 2.45) is 0 Å². The summed E-state index contributed by atoms with van der Waals surface area (Å²) in [6, 6.07) is 14.7. The van der Waals surface area contributed by atoms with Crippen molar-refractivity contribution >= 4 is 23.2 Å². The van der Waals surface area contributed by atoms with Gasteiger partial charge in [-0.25, -0.2) is 0 Å². The Labute approximate surface area is 154 Å². The van der Waals surface area contributed by atoms with Gasteiger partial charge >= 0.3 is 0 Å². The summed E-state index contributed by atoms with van der Waals surface area (Å²) in [6.07, 6.45) is 1.92. The van der Waals surface area contributed by atoms with E-state index >= 15 is 0 Å². The van der Waals surface area contributed by atoms with Crippen LogP contribution in [0.4, 0.5) is 11.4 Å². The molecule has 2 aromatic carbocycles. The number of nitrogens with zero attached hydrogens (tertiary/aromatic N) is 2. The predicted octanol–water partition coefficient (Wildman–Crippen LogP) is 2.85. The van der Waals surface area contributed by atoms with Crippen LogP contribution < -0.4 is 15.1 Å². The van der Waals surface area contributed by atoms with E-state index in [1.807, 2.05) is 49.3 Å². The Bertz CT molecular complexity index is 799. The third kappa shape index (κ3) is 3.72. The number of para-hydroxylation sites is 1. The van der Waals surface area contributed by atoms with Gasteiger partial charge in [0.25, 0.3) is 5.91 Å². The topological polar surface area (TPSA) is 52.7 Å². The van der Waals surface area contributed by atoms with E-state index in [1.165, 1.54) is 5.56 Å². The minimum atomic E-state index is -0.581. The molecule has 0 spiro atoms. The molecule has 0 bridgehead atoms. The fourth-order valence-electron chi connectivity index (χ4n) is 3.25. The number of hydrogen-bond donors (Lipinski definition) is 1. The number of carbonyl (C=O) groups excluding carboxylic acids is 2. The molecule has 0 saturated carbocycles. The highest BCUT2D eigenvalue weighted by Crippen LogP contribution is 2.27. The lowest BCUT2D eigenvalue weighted by Gasteiger charge is -2.31. The van der Waals surface area contributed by atoms with Crippen LogP contribution in [0.15, 0.2) is 48.5 Å². The Morgan fingerprint density at radius 1 is 1.08 bits per heavy atom. The molecule has 1 aliphatic rings. The van der Waals surface area contributed by atoms with Gasteiger partial charge in [0, 0.05) is 37.6 Å². The maximum Gasteiger partial charge on any atom is 0.251 e. The van der Waals surface area contributed by atoms with Gasteiger partial charge in [-0.05, 0) is 55.7 Å². The normalized spacial score (nSPS) is 14.3. The summed E-state index contributed by atoms with van der Waals surface area (Å²) in [5.41, 5.74) is 3.72. The maximum atomic E-state index is 12.9.